The van der Waals surface area contributed by atoms with Crippen LogP contribution < -0.4 is 10.6 Å². The lowest BCUT2D eigenvalue weighted by molar-refractivity contribution is -0.121. The van der Waals surface area contributed by atoms with Crippen molar-refractivity contribution in [1.29, 1.82) is 0 Å². The zero-order valence-corrected chi connectivity index (χ0v) is 13.5. The number of H-pyrrole nitrogens is 1. The second-order valence-electron chi connectivity index (χ2n) is 5.22. The molecule has 0 spiro atoms. The lowest BCUT2D eigenvalue weighted by Gasteiger charge is -2.05. The van der Waals surface area contributed by atoms with Gasteiger partial charge in [0.15, 0.2) is 5.82 Å². The molecule has 2 aromatic rings. The second kappa shape index (κ2) is 7.52. The minimum atomic E-state index is -0.165. The molecule has 0 unspecified atom stereocenters. The minimum Gasteiger partial charge on any atom is -0.354 e. The summed E-state index contributed by atoms with van der Waals surface area (Å²) in [4.78, 5) is 23.1. The van der Waals surface area contributed by atoms with Crippen LogP contribution in [0.1, 0.15) is 30.3 Å². The third kappa shape index (κ3) is 4.63. The van der Waals surface area contributed by atoms with Crippen LogP contribution in [0.2, 0.25) is 0 Å². The van der Waals surface area contributed by atoms with Gasteiger partial charge in [0.1, 0.15) is 6.54 Å². The monoisotopic (exact) mass is 319 g/mol. The smallest absolute Gasteiger partial charge is 0.241 e. The molecule has 23 heavy (non-hydrogen) atoms. The van der Waals surface area contributed by atoms with Crippen LogP contribution in [0.5, 0.6) is 0 Å². The largest absolute Gasteiger partial charge is 0.354 e. The third-order valence-electron chi connectivity index (χ3n) is 3.41. The molecule has 0 aliphatic heterocycles. The molecule has 0 fully saturated rings. The zero-order valence-electron chi connectivity index (χ0n) is 13.5. The highest BCUT2D eigenvalue weighted by atomic mass is 16.2. The van der Waals surface area contributed by atoms with Crippen LogP contribution in [-0.4, -0.2) is 43.6 Å². The summed E-state index contributed by atoms with van der Waals surface area (Å²) in [5, 5.41) is 20.0. The molecular formula is C14H21N7O2. The predicted molar refractivity (Wildman–Crippen MR) is 83.7 cm³/mol. The molecule has 0 atom stereocenters. The number of rotatable bonds is 7. The first-order valence-electron chi connectivity index (χ1n) is 7.46. The van der Waals surface area contributed by atoms with Gasteiger partial charge in [0, 0.05) is 18.7 Å². The Morgan fingerprint density at radius 3 is 2.74 bits per heavy atom. The van der Waals surface area contributed by atoms with E-state index < -0.39 is 0 Å². The summed E-state index contributed by atoms with van der Waals surface area (Å²) < 4.78 is 1.38. The van der Waals surface area contributed by atoms with E-state index in [0.29, 0.717) is 18.8 Å². The molecule has 2 rings (SSSR count). The molecule has 9 heteroatoms. The maximum absolute atomic E-state index is 11.9. The normalized spacial score (nSPS) is 10.6. The number of nitrogens with zero attached hydrogens (tertiary/aromatic N) is 4. The number of nitrogens with one attached hydrogen (secondary N) is 3. The first-order valence-corrected chi connectivity index (χ1v) is 7.46. The minimum absolute atomic E-state index is 0.0539. The third-order valence-corrected chi connectivity index (χ3v) is 3.41. The van der Waals surface area contributed by atoms with Crippen molar-refractivity contribution in [3.8, 4) is 0 Å². The Hall–Kier alpha value is -2.71. The number of aromatic amines is 1. The highest BCUT2D eigenvalue weighted by molar-refractivity contribution is 5.89. The quantitative estimate of drug-likeness (QED) is 0.679. The molecule has 0 aliphatic rings. The van der Waals surface area contributed by atoms with E-state index in [1.165, 1.54) is 10.9 Å². The average Bonchev–Trinajstić information content (AvgIpc) is 3.07. The first-order chi connectivity index (χ1) is 11.0. The van der Waals surface area contributed by atoms with Gasteiger partial charge in [-0.15, -0.1) is 5.10 Å². The van der Waals surface area contributed by atoms with Gasteiger partial charge >= 0.3 is 0 Å². The zero-order chi connectivity index (χ0) is 16.8. The van der Waals surface area contributed by atoms with Crippen molar-refractivity contribution >= 4 is 17.6 Å². The number of hydrogen-bond donors (Lipinski definition) is 3. The Kier molecular flexibility index (Phi) is 5.45. The number of hydrogen-bond acceptors (Lipinski definition) is 5. The van der Waals surface area contributed by atoms with Crippen molar-refractivity contribution < 1.29 is 9.59 Å². The molecule has 0 aliphatic carbocycles. The van der Waals surface area contributed by atoms with Crippen LogP contribution in [0.4, 0.5) is 5.82 Å². The van der Waals surface area contributed by atoms with Crippen molar-refractivity contribution in [2.45, 2.75) is 40.2 Å². The van der Waals surface area contributed by atoms with Crippen LogP contribution in [0.15, 0.2) is 6.20 Å². The Morgan fingerprint density at radius 1 is 1.30 bits per heavy atom. The summed E-state index contributed by atoms with van der Waals surface area (Å²) in [6.07, 6.45) is 2.60. The Bertz CT molecular complexity index is 670. The SMILES string of the molecule is CCC(=O)Nc1cn(CC(=O)NCCc2c(C)n[nH]c2C)nn1. The van der Waals surface area contributed by atoms with Crippen LogP contribution in [0, 0.1) is 13.8 Å². The molecule has 0 aromatic carbocycles. The van der Waals surface area contributed by atoms with Gasteiger partial charge < -0.3 is 10.6 Å². The van der Waals surface area contributed by atoms with Gasteiger partial charge in [0.05, 0.1) is 11.9 Å². The van der Waals surface area contributed by atoms with Crippen molar-refractivity contribution in [1.82, 2.24) is 30.5 Å². The van der Waals surface area contributed by atoms with Crippen LogP contribution in [0.25, 0.3) is 0 Å². The van der Waals surface area contributed by atoms with Gasteiger partial charge in [0.2, 0.25) is 11.8 Å². The standard InChI is InChI=1S/C14H21N7O2/c1-4-13(22)16-12-7-21(20-19-12)8-14(23)15-6-5-11-9(2)17-18-10(11)3/h7H,4-6,8H2,1-3H3,(H,15,23)(H,16,22)(H,17,18). The van der Waals surface area contributed by atoms with Crippen LogP contribution in [-0.2, 0) is 22.6 Å². The Balaban J connectivity index is 1.78. The molecule has 0 saturated carbocycles. The van der Waals surface area contributed by atoms with Crippen molar-refractivity contribution in [2.75, 3.05) is 11.9 Å². The summed E-state index contributed by atoms with van der Waals surface area (Å²) in [6, 6.07) is 0. The fraction of sp³-hybridized carbons (Fsp3) is 0.500. The van der Waals surface area contributed by atoms with Gasteiger partial charge in [-0.25, -0.2) is 4.68 Å². The number of carbonyl (C=O) groups is 2. The molecule has 0 radical (unpaired) electrons. The molecule has 2 amide bonds. The molecule has 0 saturated heterocycles. The number of anilines is 1. The first kappa shape index (κ1) is 16.7. The maximum atomic E-state index is 11.9. The van der Waals surface area contributed by atoms with E-state index in [2.05, 4.69) is 31.1 Å². The van der Waals surface area contributed by atoms with Crippen LogP contribution >= 0.6 is 0 Å². The van der Waals surface area contributed by atoms with Gasteiger partial charge in [-0.1, -0.05) is 12.1 Å². The van der Waals surface area contributed by atoms with Crippen molar-refractivity contribution in [2.24, 2.45) is 0 Å². The number of aryl methyl sites for hydroxylation is 2. The summed E-state index contributed by atoms with van der Waals surface area (Å²) in [7, 11) is 0. The highest BCUT2D eigenvalue weighted by Crippen LogP contribution is 2.09. The highest BCUT2D eigenvalue weighted by Gasteiger charge is 2.09. The van der Waals surface area contributed by atoms with Crippen molar-refractivity contribution in [3.63, 3.8) is 0 Å². The summed E-state index contributed by atoms with van der Waals surface area (Å²) >= 11 is 0. The lowest BCUT2D eigenvalue weighted by atomic mass is 10.1. The molecule has 2 aromatic heterocycles. The number of amides is 2. The summed E-state index contributed by atoms with van der Waals surface area (Å²) in [5.74, 6) is 0.0312. The molecule has 124 valence electrons. The van der Waals surface area contributed by atoms with Crippen molar-refractivity contribution in [3.05, 3.63) is 23.1 Å². The Labute approximate surface area is 133 Å². The number of carbonyl (C=O) groups excluding carboxylic acids is 2. The molecular weight excluding hydrogens is 298 g/mol. The van der Waals surface area contributed by atoms with E-state index in [4.69, 9.17) is 0 Å². The van der Waals surface area contributed by atoms with Crippen LogP contribution in [0.3, 0.4) is 0 Å². The lowest BCUT2D eigenvalue weighted by Crippen LogP contribution is -2.29. The average molecular weight is 319 g/mol. The van der Waals surface area contributed by atoms with Gasteiger partial charge in [-0.3, -0.25) is 14.7 Å². The van der Waals surface area contributed by atoms with Gasteiger partial charge in [-0.05, 0) is 25.8 Å². The van der Waals surface area contributed by atoms with E-state index in [0.717, 1.165) is 23.4 Å². The van der Waals surface area contributed by atoms with Gasteiger partial charge in [0.25, 0.3) is 0 Å². The molecule has 3 N–H and O–H groups in total. The topological polar surface area (TPSA) is 118 Å². The fourth-order valence-electron chi connectivity index (χ4n) is 2.14. The molecule has 9 nitrogen and oxygen atoms in total. The number of aromatic nitrogens is 5. The van der Waals surface area contributed by atoms with E-state index >= 15 is 0 Å². The molecule has 0 bridgehead atoms. The van der Waals surface area contributed by atoms with Gasteiger partial charge in [-0.2, -0.15) is 5.10 Å². The Morgan fingerprint density at radius 2 is 2.09 bits per heavy atom. The maximum Gasteiger partial charge on any atom is 0.241 e. The fourth-order valence-corrected chi connectivity index (χ4v) is 2.14. The van der Waals surface area contributed by atoms with E-state index in [1.54, 1.807) is 6.92 Å². The summed E-state index contributed by atoms with van der Waals surface area (Å²) in [6.45, 7) is 6.21. The second-order valence-corrected chi connectivity index (χ2v) is 5.22. The summed E-state index contributed by atoms with van der Waals surface area (Å²) in [5.41, 5.74) is 3.09. The molecule has 2 heterocycles. The predicted octanol–water partition coefficient (Wildman–Crippen LogP) is 0.325. The van der Waals surface area contributed by atoms with E-state index in [1.807, 2.05) is 13.8 Å². The van der Waals surface area contributed by atoms with E-state index in [9.17, 15) is 9.59 Å². The van der Waals surface area contributed by atoms with E-state index in [-0.39, 0.29) is 18.4 Å².